The first-order valence-electron chi connectivity index (χ1n) is 6.00. The predicted octanol–water partition coefficient (Wildman–Crippen LogP) is 4.33. The second-order valence-electron chi connectivity index (χ2n) is 4.31. The van der Waals surface area contributed by atoms with Crippen LogP contribution >= 0.6 is 0 Å². The summed E-state index contributed by atoms with van der Waals surface area (Å²) < 4.78 is 51.8. The summed E-state index contributed by atoms with van der Waals surface area (Å²) in [6.45, 7) is -0.0962. The van der Waals surface area contributed by atoms with Gasteiger partial charge in [-0.15, -0.1) is 0 Å². The average Bonchev–Trinajstić information content (AvgIpc) is 2.44. The molecule has 2 aromatic carbocycles. The van der Waals surface area contributed by atoms with E-state index in [2.05, 4.69) is 5.32 Å². The van der Waals surface area contributed by atoms with E-state index in [9.17, 15) is 17.6 Å². The second kappa shape index (κ2) is 5.83. The number of benzene rings is 2. The SMILES string of the molecule is N#Cc1ccc(NCc2ccccc2C(F)(F)F)cc1F. The van der Waals surface area contributed by atoms with Crippen LogP contribution in [0.4, 0.5) is 23.2 Å². The van der Waals surface area contributed by atoms with Gasteiger partial charge in [-0.2, -0.15) is 18.4 Å². The number of halogens is 4. The number of rotatable bonds is 3. The standard InChI is InChI=1S/C15H10F4N2/c16-14-7-12(6-5-10(14)8-20)21-9-11-3-1-2-4-13(11)15(17,18)19/h1-7,21H,9H2. The molecule has 2 nitrogen and oxygen atoms in total. The molecule has 0 spiro atoms. The Balaban J connectivity index is 2.18. The first-order valence-corrected chi connectivity index (χ1v) is 6.00. The van der Waals surface area contributed by atoms with Gasteiger partial charge < -0.3 is 5.32 Å². The van der Waals surface area contributed by atoms with Gasteiger partial charge in [-0.25, -0.2) is 4.39 Å². The number of alkyl halides is 3. The van der Waals surface area contributed by atoms with Crippen molar-refractivity contribution in [3.63, 3.8) is 0 Å². The summed E-state index contributed by atoms with van der Waals surface area (Å²) in [5.41, 5.74) is -0.471. The van der Waals surface area contributed by atoms with Crippen LogP contribution in [0.1, 0.15) is 16.7 Å². The molecule has 0 aliphatic carbocycles. The lowest BCUT2D eigenvalue weighted by atomic mass is 10.1. The Morgan fingerprint density at radius 1 is 1.10 bits per heavy atom. The normalized spacial score (nSPS) is 11.0. The minimum absolute atomic E-state index is 0.0646. The Morgan fingerprint density at radius 2 is 1.81 bits per heavy atom. The van der Waals surface area contributed by atoms with E-state index >= 15 is 0 Å². The number of nitrogens with zero attached hydrogens (tertiary/aromatic N) is 1. The van der Waals surface area contributed by atoms with Crippen LogP contribution in [0, 0.1) is 17.1 Å². The van der Waals surface area contributed by atoms with Crippen molar-refractivity contribution in [3.8, 4) is 6.07 Å². The zero-order chi connectivity index (χ0) is 15.5. The van der Waals surface area contributed by atoms with Crippen LogP contribution in [0.5, 0.6) is 0 Å². The second-order valence-corrected chi connectivity index (χ2v) is 4.31. The van der Waals surface area contributed by atoms with E-state index in [1.807, 2.05) is 0 Å². The van der Waals surface area contributed by atoms with Gasteiger partial charge in [0.25, 0.3) is 0 Å². The van der Waals surface area contributed by atoms with E-state index in [0.717, 1.165) is 12.1 Å². The van der Waals surface area contributed by atoms with Gasteiger partial charge in [0.2, 0.25) is 0 Å². The fraction of sp³-hybridized carbons (Fsp3) is 0.133. The monoisotopic (exact) mass is 294 g/mol. The van der Waals surface area contributed by atoms with Crippen LogP contribution in [0.2, 0.25) is 0 Å². The fourth-order valence-corrected chi connectivity index (χ4v) is 1.86. The molecule has 108 valence electrons. The molecule has 0 radical (unpaired) electrons. The number of nitriles is 1. The summed E-state index contributed by atoms with van der Waals surface area (Å²) in [5.74, 6) is -0.716. The number of nitrogens with one attached hydrogen (secondary N) is 1. The molecular weight excluding hydrogens is 284 g/mol. The molecular formula is C15H10F4N2. The van der Waals surface area contributed by atoms with Gasteiger partial charge in [-0.1, -0.05) is 18.2 Å². The number of anilines is 1. The highest BCUT2D eigenvalue weighted by Gasteiger charge is 2.32. The maximum atomic E-state index is 13.4. The molecule has 0 aliphatic heterocycles. The summed E-state index contributed by atoms with van der Waals surface area (Å²) in [4.78, 5) is 0. The van der Waals surface area contributed by atoms with Crippen LogP contribution in [0.25, 0.3) is 0 Å². The third-order valence-electron chi connectivity index (χ3n) is 2.90. The summed E-state index contributed by atoms with van der Waals surface area (Å²) in [6.07, 6.45) is -4.44. The molecule has 0 aromatic heterocycles. The van der Waals surface area contributed by atoms with E-state index < -0.39 is 17.6 Å². The molecule has 0 unspecified atom stereocenters. The summed E-state index contributed by atoms with van der Waals surface area (Å²) in [5, 5.41) is 11.3. The van der Waals surface area contributed by atoms with Gasteiger partial charge in [-0.05, 0) is 29.8 Å². The van der Waals surface area contributed by atoms with Gasteiger partial charge in [0.15, 0.2) is 0 Å². The van der Waals surface area contributed by atoms with E-state index in [4.69, 9.17) is 5.26 Å². The molecule has 0 bridgehead atoms. The lowest BCUT2D eigenvalue weighted by Gasteiger charge is -2.14. The average molecular weight is 294 g/mol. The van der Waals surface area contributed by atoms with Crippen molar-refractivity contribution in [2.75, 3.05) is 5.32 Å². The Hall–Kier alpha value is -2.55. The van der Waals surface area contributed by atoms with E-state index in [0.29, 0.717) is 5.69 Å². The Morgan fingerprint density at radius 3 is 2.43 bits per heavy atom. The maximum Gasteiger partial charge on any atom is 0.416 e. The fourth-order valence-electron chi connectivity index (χ4n) is 1.86. The molecule has 0 fully saturated rings. The van der Waals surface area contributed by atoms with E-state index in [-0.39, 0.29) is 17.7 Å². The van der Waals surface area contributed by atoms with Crippen LogP contribution in [-0.4, -0.2) is 0 Å². The third-order valence-corrected chi connectivity index (χ3v) is 2.90. The zero-order valence-corrected chi connectivity index (χ0v) is 10.7. The lowest BCUT2D eigenvalue weighted by molar-refractivity contribution is -0.138. The molecule has 1 N–H and O–H groups in total. The molecule has 2 rings (SSSR count). The van der Waals surface area contributed by atoms with Gasteiger partial charge in [-0.3, -0.25) is 0 Å². The van der Waals surface area contributed by atoms with Crippen LogP contribution in [0.3, 0.4) is 0 Å². The number of hydrogen-bond donors (Lipinski definition) is 1. The van der Waals surface area contributed by atoms with Crippen molar-refractivity contribution in [2.24, 2.45) is 0 Å². The maximum absolute atomic E-state index is 13.4. The summed E-state index contributed by atoms with van der Waals surface area (Å²) >= 11 is 0. The molecule has 0 saturated carbocycles. The Bertz CT molecular complexity index is 687. The molecule has 2 aromatic rings. The van der Waals surface area contributed by atoms with Crippen LogP contribution < -0.4 is 5.32 Å². The molecule has 0 saturated heterocycles. The molecule has 6 heteroatoms. The first kappa shape index (κ1) is 14.9. The van der Waals surface area contributed by atoms with Gasteiger partial charge in [0.1, 0.15) is 11.9 Å². The van der Waals surface area contributed by atoms with Crippen molar-refractivity contribution in [2.45, 2.75) is 12.7 Å². The van der Waals surface area contributed by atoms with Gasteiger partial charge in [0.05, 0.1) is 11.1 Å². The quantitative estimate of drug-likeness (QED) is 0.855. The third kappa shape index (κ3) is 3.51. The summed E-state index contributed by atoms with van der Waals surface area (Å²) in [6, 6.07) is 10.6. The molecule has 21 heavy (non-hydrogen) atoms. The minimum Gasteiger partial charge on any atom is -0.381 e. The Labute approximate surface area is 118 Å². The zero-order valence-electron chi connectivity index (χ0n) is 10.7. The lowest BCUT2D eigenvalue weighted by Crippen LogP contribution is -2.11. The molecule has 0 amide bonds. The smallest absolute Gasteiger partial charge is 0.381 e. The largest absolute Gasteiger partial charge is 0.416 e. The molecule has 0 aliphatic rings. The highest BCUT2D eigenvalue weighted by Crippen LogP contribution is 2.32. The van der Waals surface area contributed by atoms with Gasteiger partial charge >= 0.3 is 6.18 Å². The van der Waals surface area contributed by atoms with Crippen LogP contribution in [0.15, 0.2) is 42.5 Å². The number of hydrogen-bond acceptors (Lipinski definition) is 2. The van der Waals surface area contributed by atoms with Crippen molar-refractivity contribution in [3.05, 3.63) is 65.0 Å². The van der Waals surface area contributed by atoms with E-state index in [1.165, 1.54) is 30.3 Å². The molecule has 0 atom stereocenters. The highest BCUT2D eigenvalue weighted by molar-refractivity contribution is 5.49. The highest BCUT2D eigenvalue weighted by atomic mass is 19.4. The van der Waals surface area contributed by atoms with E-state index in [1.54, 1.807) is 6.07 Å². The van der Waals surface area contributed by atoms with Crippen molar-refractivity contribution < 1.29 is 17.6 Å². The predicted molar refractivity (Wildman–Crippen MR) is 69.9 cm³/mol. The van der Waals surface area contributed by atoms with Crippen molar-refractivity contribution in [1.29, 1.82) is 5.26 Å². The van der Waals surface area contributed by atoms with Gasteiger partial charge in [0, 0.05) is 12.2 Å². The van der Waals surface area contributed by atoms with Crippen LogP contribution in [-0.2, 0) is 12.7 Å². The topological polar surface area (TPSA) is 35.8 Å². The van der Waals surface area contributed by atoms with Crippen molar-refractivity contribution in [1.82, 2.24) is 0 Å². The minimum atomic E-state index is -4.44. The first-order chi connectivity index (χ1) is 9.91. The summed E-state index contributed by atoms with van der Waals surface area (Å²) in [7, 11) is 0. The van der Waals surface area contributed by atoms with Crippen molar-refractivity contribution >= 4 is 5.69 Å². The molecule has 0 heterocycles. The Kier molecular flexibility index (Phi) is 4.13.